The molecule has 0 fully saturated rings. The molecule has 0 radical (unpaired) electrons. The smallest absolute Gasteiger partial charge is 0.123 e. The first-order valence-corrected chi connectivity index (χ1v) is 4.72. The number of hydrogen-bond donors (Lipinski definition) is 1. The average molecular weight is 182 g/mol. The predicted octanol–water partition coefficient (Wildman–Crippen LogP) is 2.90. The molecule has 0 aliphatic rings. The minimum Gasteiger partial charge on any atom is -0.491 e. The Morgan fingerprint density at radius 1 is 1.33 bits per heavy atom. The van der Waals surface area contributed by atoms with Gasteiger partial charge in [-0.2, -0.15) is 12.6 Å². The van der Waals surface area contributed by atoms with Crippen LogP contribution in [0, 0.1) is 0 Å². The maximum absolute atomic E-state index is 5.59. The molecule has 0 unspecified atom stereocenters. The molecule has 0 saturated carbocycles. The molecule has 0 amide bonds. The average Bonchev–Trinajstić information content (AvgIpc) is 2.04. The molecule has 1 rings (SSSR count). The lowest BCUT2D eigenvalue weighted by Crippen LogP contribution is -2.06. The van der Waals surface area contributed by atoms with Crippen molar-refractivity contribution in [3.05, 3.63) is 29.8 Å². The molecule has 1 aromatic carbocycles. The zero-order valence-corrected chi connectivity index (χ0v) is 8.34. The van der Waals surface area contributed by atoms with Crippen molar-refractivity contribution in [2.45, 2.75) is 25.7 Å². The zero-order valence-electron chi connectivity index (χ0n) is 7.45. The Bertz CT molecular complexity index is 245. The first-order chi connectivity index (χ1) is 5.74. The maximum Gasteiger partial charge on any atom is 0.123 e. The van der Waals surface area contributed by atoms with Crippen molar-refractivity contribution in [3.63, 3.8) is 0 Å². The quantitative estimate of drug-likeness (QED) is 0.707. The Labute approximate surface area is 79.2 Å². The van der Waals surface area contributed by atoms with E-state index in [2.05, 4.69) is 12.6 Å². The number of thiol groups is 1. The number of hydrogen-bond acceptors (Lipinski definition) is 2. The maximum atomic E-state index is 5.59. The normalized spacial score (nSPS) is 10.3. The zero-order chi connectivity index (χ0) is 8.97. The van der Waals surface area contributed by atoms with Crippen LogP contribution in [0.5, 0.6) is 5.75 Å². The van der Waals surface area contributed by atoms with E-state index in [1.54, 1.807) is 0 Å². The van der Waals surface area contributed by atoms with Gasteiger partial charge in [0.2, 0.25) is 0 Å². The Hall–Kier alpha value is -0.630. The molecule has 1 nitrogen and oxygen atoms in total. The first kappa shape index (κ1) is 9.46. The van der Waals surface area contributed by atoms with Crippen LogP contribution in [-0.2, 0) is 5.75 Å². The van der Waals surface area contributed by atoms with Gasteiger partial charge in [-0.05, 0) is 19.9 Å². The summed E-state index contributed by atoms with van der Waals surface area (Å²) < 4.78 is 5.59. The molecule has 1 aromatic rings. The van der Waals surface area contributed by atoms with Crippen molar-refractivity contribution in [1.82, 2.24) is 0 Å². The van der Waals surface area contributed by atoms with Gasteiger partial charge in [0.05, 0.1) is 6.10 Å². The van der Waals surface area contributed by atoms with Gasteiger partial charge < -0.3 is 4.74 Å². The van der Waals surface area contributed by atoms with E-state index in [1.807, 2.05) is 38.1 Å². The van der Waals surface area contributed by atoms with E-state index in [9.17, 15) is 0 Å². The molecule has 0 saturated heterocycles. The van der Waals surface area contributed by atoms with Gasteiger partial charge in [-0.3, -0.25) is 0 Å². The predicted molar refractivity (Wildman–Crippen MR) is 54.9 cm³/mol. The summed E-state index contributed by atoms with van der Waals surface area (Å²) in [5, 5.41) is 0. The lowest BCUT2D eigenvalue weighted by molar-refractivity contribution is 0.240. The Morgan fingerprint density at radius 3 is 2.58 bits per heavy atom. The number of para-hydroxylation sites is 1. The summed E-state index contributed by atoms with van der Waals surface area (Å²) >= 11 is 4.22. The lowest BCUT2D eigenvalue weighted by atomic mass is 10.2. The summed E-state index contributed by atoms with van der Waals surface area (Å²) in [5.41, 5.74) is 1.15. The second kappa shape index (κ2) is 4.41. The second-order valence-electron chi connectivity index (χ2n) is 2.93. The Balaban J connectivity index is 2.82. The molecule has 0 atom stereocenters. The van der Waals surface area contributed by atoms with Crippen LogP contribution in [0.15, 0.2) is 24.3 Å². The van der Waals surface area contributed by atoms with Crippen LogP contribution < -0.4 is 4.74 Å². The molecule has 0 spiro atoms. The number of ether oxygens (including phenoxy) is 1. The molecule has 0 N–H and O–H groups in total. The van der Waals surface area contributed by atoms with Gasteiger partial charge in [0.25, 0.3) is 0 Å². The monoisotopic (exact) mass is 182 g/mol. The summed E-state index contributed by atoms with van der Waals surface area (Å²) in [6.45, 7) is 4.05. The molecule has 2 heteroatoms. The summed E-state index contributed by atoms with van der Waals surface area (Å²) in [4.78, 5) is 0. The number of rotatable bonds is 3. The number of benzene rings is 1. The Kier molecular flexibility index (Phi) is 3.48. The largest absolute Gasteiger partial charge is 0.491 e. The highest BCUT2D eigenvalue weighted by Crippen LogP contribution is 2.20. The minimum absolute atomic E-state index is 0.228. The second-order valence-corrected chi connectivity index (χ2v) is 3.25. The lowest BCUT2D eigenvalue weighted by Gasteiger charge is -2.12. The highest BCUT2D eigenvalue weighted by molar-refractivity contribution is 7.79. The molecular weight excluding hydrogens is 168 g/mol. The highest BCUT2D eigenvalue weighted by Gasteiger charge is 2.01. The van der Waals surface area contributed by atoms with Crippen LogP contribution in [-0.4, -0.2) is 6.10 Å². The van der Waals surface area contributed by atoms with Gasteiger partial charge in [-0.25, -0.2) is 0 Å². The van der Waals surface area contributed by atoms with Gasteiger partial charge >= 0.3 is 0 Å². The van der Waals surface area contributed by atoms with Crippen LogP contribution in [0.25, 0.3) is 0 Å². The molecule has 0 aromatic heterocycles. The SMILES string of the molecule is CC(C)Oc1ccccc1CS. The standard InChI is InChI=1S/C10H14OS/c1-8(2)11-10-6-4-3-5-9(10)7-12/h3-6,8,12H,7H2,1-2H3. The molecule has 0 bridgehead atoms. The van der Waals surface area contributed by atoms with E-state index >= 15 is 0 Å². The summed E-state index contributed by atoms with van der Waals surface area (Å²) in [6, 6.07) is 7.99. The minimum atomic E-state index is 0.228. The third-order valence-corrected chi connectivity index (χ3v) is 1.85. The van der Waals surface area contributed by atoms with E-state index in [0.29, 0.717) is 0 Å². The van der Waals surface area contributed by atoms with Crippen LogP contribution in [0.1, 0.15) is 19.4 Å². The van der Waals surface area contributed by atoms with Crippen LogP contribution in [0.3, 0.4) is 0 Å². The fourth-order valence-electron chi connectivity index (χ4n) is 1.00. The van der Waals surface area contributed by atoms with Gasteiger partial charge in [0.1, 0.15) is 5.75 Å². The van der Waals surface area contributed by atoms with Gasteiger partial charge in [0.15, 0.2) is 0 Å². The van der Waals surface area contributed by atoms with E-state index in [1.165, 1.54) is 0 Å². The summed E-state index contributed by atoms with van der Waals surface area (Å²) in [6.07, 6.45) is 0.228. The molecule has 0 heterocycles. The fourth-order valence-corrected chi connectivity index (χ4v) is 1.26. The van der Waals surface area contributed by atoms with Crippen molar-refractivity contribution >= 4 is 12.6 Å². The highest BCUT2D eigenvalue weighted by atomic mass is 32.1. The fraction of sp³-hybridized carbons (Fsp3) is 0.400. The summed E-state index contributed by atoms with van der Waals surface area (Å²) in [7, 11) is 0. The van der Waals surface area contributed by atoms with Crippen molar-refractivity contribution in [2.75, 3.05) is 0 Å². The molecule has 0 aliphatic heterocycles. The van der Waals surface area contributed by atoms with Crippen molar-refractivity contribution in [3.8, 4) is 5.75 Å². The van der Waals surface area contributed by atoms with Gasteiger partial charge in [-0.15, -0.1) is 0 Å². The topological polar surface area (TPSA) is 9.23 Å². The summed E-state index contributed by atoms with van der Waals surface area (Å²) in [5.74, 6) is 1.67. The molecule has 12 heavy (non-hydrogen) atoms. The van der Waals surface area contributed by atoms with Crippen molar-refractivity contribution in [2.24, 2.45) is 0 Å². The van der Waals surface area contributed by atoms with Crippen LogP contribution >= 0.6 is 12.6 Å². The van der Waals surface area contributed by atoms with Gasteiger partial charge in [0, 0.05) is 11.3 Å². The van der Waals surface area contributed by atoms with Crippen molar-refractivity contribution in [1.29, 1.82) is 0 Å². The van der Waals surface area contributed by atoms with E-state index in [0.717, 1.165) is 17.1 Å². The van der Waals surface area contributed by atoms with Gasteiger partial charge in [-0.1, -0.05) is 18.2 Å². The molecular formula is C10H14OS. The van der Waals surface area contributed by atoms with Crippen molar-refractivity contribution < 1.29 is 4.74 Å². The van der Waals surface area contributed by atoms with Crippen LogP contribution in [0.2, 0.25) is 0 Å². The van der Waals surface area contributed by atoms with E-state index in [4.69, 9.17) is 4.74 Å². The third-order valence-electron chi connectivity index (χ3n) is 1.51. The first-order valence-electron chi connectivity index (χ1n) is 4.09. The molecule has 66 valence electrons. The Morgan fingerprint density at radius 2 is 2.00 bits per heavy atom. The third kappa shape index (κ3) is 2.45. The molecule has 0 aliphatic carbocycles. The van der Waals surface area contributed by atoms with E-state index < -0.39 is 0 Å². The van der Waals surface area contributed by atoms with Crippen LogP contribution in [0.4, 0.5) is 0 Å². The van der Waals surface area contributed by atoms with E-state index in [-0.39, 0.29) is 6.10 Å².